The summed E-state index contributed by atoms with van der Waals surface area (Å²) in [7, 11) is 1.75. The van der Waals surface area contributed by atoms with Crippen LogP contribution in [0.1, 0.15) is 57.4 Å². The summed E-state index contributed by atoms with van der Waals surface area (Å²) in [6.07, 6.45) is 5.00. The van der Waals surface area contributed by atoms with Gasteiger partial charge in [-0.1, -0.05) is 38.8 Å². The number of methoxy groups -OCH3 is 1. The van der Waals surface area contributed by atoms with Gasteiger partial charge in [0, 0.05) is 5.92 Å². The zero-order valence-corrected chi connectivity index (χ0v) is 17.3. The summed E-state index contributed by atoms with van der Waals surface area (Å²) in [5, 5.41) is 13.0. The van der Waals surface area contributed by atoms with Crippen LogP contribution >= 0.6 is 0 Å². The number of hydrogen-bond acceptors (Lipinski definition) is 5. The zero-order valence-electron chi connectivity index (χ0n) is 17.3. The van der Waals surface area contributed by atoms with Crippen molar-refractivity contribution in [2.75, 3.05) is 38.2 Å². The van der Waals surface area contributed by atoms with Crippen molar-refractivity contribution < 1.29 is 9.64 Å². The van der Waals surface area contributed by atoms with E-state index in [9.17, 15) is 0 Å². The number of ether oxygens (including phenoxy) is 1. The molecule has 28 heavy (non-hydrogen) atoms. The van der Waals surface area contributed by atoms with Crippen LogP contribution in [0.15, 0.2) is 24.3 Å². The summed E-state index contributed by atoms with van der Waals surface area (Å²) in [6.45, 7) is 8.81. The van der Waals surface area contributed by atoms with Crippen molar-refractivity contribution in [3.8, 4) is 5.75 Å². The number of nitrogens with one attached hydrogen (secondary N) is 1. The molecule has 2 fully saturated rings. The largest absolute Gasteiger partial charge is 0.495 e. The third-order valence-corrected chi connectivity index (χ3v) is 6.41. The molecule has 0 radical (unpaired) electrons. The fraction of sp³-hybridized carbons (Fsp3) is 0.667. The maximum atomic E-state index is 5.56. The molecular formula is C21H33N6O+. The first-order valence-corrected chi connectivity index (χ1v) is 10.7. The van der Waals surface area contributed by atoms with Crippen molar-refractivity contribution in [2.24, 2.45) is 5.92 Å². The number of piperazine rings is 1. The van der Waals surface area contributed by atoms with Gasteiger partial charge < -0.3 is 14.5 Å². The molecule has 1 aromatic heterocycles. The summed E-state index contributed by atoms with van der Waals surface area (Å²) in [6, 6.07) is 9.15. The molecule has 7 nitrogen and oxygen atoms in total. The molecule has 2 aromatic rings. The molecule has 1 aromatic carbocycles. The van der Waals surface area contributed by atoms with E-state index >= 15 is 0 Å². The lowest BCUT2D eigenvalue weighted by molar-refractivity contribution is -0.937. The molecule has 2 heterocycles. The van der Waals surface area contributed by atoms with Crippen LogP contribution in [-0.4, -0.2) is 53.5 Å². The van der Waals surface area contributed by atoms with Crippen LogP contribution in [0.4, 0.5) is 5.69 Å². The summed E-state index contributed by atoms with van der Waals surface area (Å²) >= 11 is 0. The number of benzene rings is 1. The highest BCUT2D eigenvalue weighted by molar-refractivity contribution is 5.58. The number of hydrogen-bond donors (Lipinski definition) is 1. The Morgan fingerprint density at radius 3 is 2.50 bits per heavy atom. The van der Waals surface area contributed by atoms with E-state index in [0.717, 1.165) is 37.8 Å². The minimum Gasteiger partial charge on any atom is -0.495 e. The van der Waals surface area contributed by atoms with Gasteiger partial charge in [0.05, 0.1) is 45.0 Å². The molecule has 1 saturated carbocycles. The third-order valence-electron chi connectivity index (χ3n) is 6.41. The summed E-state index contributed by atoms with van der Waals surface area (Å²) in [4.78, 5) is 4.04. The van der Waals surface area contributed by atoms with E-state index in [-0.39, 0.29) is 0 Å². The van der Waals surface area contributed by atoms with Gasteiger partial charge >= 0.3 is 0 Å². The Kier molecular flexibility index (Phi) is 5.80. The molecule has 1 atom stereocenters. The van der Waals surface area contributed by atoms with Gasteiger partial charge in [-0.05, 0) is 35.4 Å². The van der Waals surface area contributed by atoms with Crippen molar-refractivity contribution >= 4 is 5.69 Å². The number of nitrogens with zero attached hydrogens (tertiary/aromatic N) is 5. The molecule has 1 saturated heterocycles. The second-order valence-electron chi connectivity index (χ2n) is 8.46. The van der Waals surface area contributed by atoms with E-state index < -0.39 is 0 Å². The van der Waals surface area contributed by atoms with E-state index in [0.29, 0.717) is 18.0 Å². The predicted octanol–water partition coefficient (Wildman–Crippen LogP) is 1.90. The fourth-order valence-electron chi connectivity index (χ4n) is 5.00. The first-order valence-electron chi connectivity index (χ1n) is 10.7. The smallest absolute Gasteiger partial charge is 0.209 e. The standard InChI is InChI=1S/C21H32N6O/c1-16(2)20(21-22-23-24-27(21)17-8-4-5-9-17)26-14-12-25(13-15-26)18-10-6-7-11-19(18)28-3/h6-7,10-11,16-17,20H,4-5,8-9,12-15H2,1-3H3/p+1/t20-/m1/s1. The van der Waals surface area contributed by atoms with E-state index in [1.54, 1.807) is 12.0 Å². The van der Waals surface area contributed by atoms with Crippen LogP contribution in [-0.2, 0) is 0 Å². The van der Waals surface area contributed by atoms with Crippen molar-refractivity contribution in [2.45, 2.75) is 51.6 Å². The van der Waals surface area contributed by atoms with Gasteiger partial charge in [-0.25, -0.2) is 4.68 Å². The average molecular weight is 386 g/mol. The highest BCUT2D eigenvalue weighted by atomic mass is 16.5. The quantitative estimate of drug-likeness (QED) is 0.823. The molecule has 1 N–H and O–H groups in total. The molecule has 0 amide bonds. The monoisotopic (exact) mass is 385 g/mol. The molecule has 0 spiro atoms. The van der Waals surface area contributed by atoms with Gasteiger partial charge in [-0.15, -0.1) is 5.10 Å². The maximum Gasteiger partial charge on any atom is 0.209 e. The molecule has 1 aliphatic carbocycles. The van der Waals surface area contributed by atoms with Crippen molar-refractivity contribution in [3.63, 3.8) is 0 Å². The first-order chi connectivity index (χ1) is 13.7. The molecule has 4 rings (SSSR count). The number of para-hydroxylation sites is 2. The van der Waals surface area contributed by atoms with Crippen LogP contribution in [0.5, 0.6) is 5.75 Å². The summed E-state index contributed by atoms with van der Waals surface area (Å²) in [5.41, 5.74) is 1.20. The molecule has 152 valence electrons. The first kappa shape index (κ1) is 19.2. The van der Waals surface area contributed by atoms with Crippen LogP contribution in [0.2, 0.25) is 0 Å². The lowest BCUT2D eigenvalue weighted by atomic mass is 10.00. The lowest BCUT2D eigenvalue weighted by Crippen LogP contribution is -3.15. The molecule has 0 unspecified atom stereocenters. The Morgan fingerprint density at radius 2 is 1.82 bits per heavy atom. The van der Waals surface area contributed by atoms with Gasteiger partial charge in [0.25, 0.3) is 0 Å². The normalized spacial score (nSPS) is 20.1. The highest BCUT2D eigenvalue weighted by Gasteiger charge is 2.37. The van der Waals surface area contributed by atoms with E-state index in [2.05, 4.69) is 51.1 Å². The second-order valence-corrected chi connectivity index (χ2v) is 8.46. The topological polar surface area (TPSA) is 60.5 Å². The highest BCUT2D eigenvalue weighted by Crippen LogP contribution is 2.31. The molecule has 1 aliphatic heterocycles. The Morgan fingerprint density at radius 1 is 1.11 bits per heavy atom. The molecule has 2 aliphatic rings. The minimum atomic E-state index is 0.343. The SMILES string of the molecule is COc1ccccc1N1CC[NH+]([C@@H](c2nnnn2C2CCCC2)C(C)C)CC1. The van der Waals surface area contributed by atoms with E-state index in [1.165, 1.54) is 31.4 Å². The number of rotatable bonds is 6. The second kappa shape index (κ2) is 8.47. The Bertz CT molecular complexity index is 762. The van der Waals surface area contributed by atoms with Crippen molar-refractivity contribution in [1.82, 2.24) is 20.2 Å². The van der Waals surface area contributed by atoms with E-state index in [1.807, 2.05) is 12.1 Å². The molecular weight excluding hydrogens is 352 g/mol. The number of tetrazole rings is 1. The number of quaternary nitrogens is 1. The zero-order chi connectivity index (χ0) is 19.5. The van der Waals surface area contributed by atoms with Crippen LogP contribution in [0.25, 0.3) is 0 Å². The third kappa shape index (κ3) is 3.72. The summed E-state index contributed by atoms with van der Waals surface area (Å²) < 4.78 is 7.71. The average Bonchev–Trinajstić information content (AvgIpc) is 3.40. The van der Waals surface area contributed by atoms with Crippen molar-refractivity contribution in [3.05, 3.63) is 30.1 Å². The van der Waals surface area contributed by atoms with Gasteiger partial charge in [-0.3, -0.25) is 0 Å². The fourth-order valence-corrected chi connectivity index (χ4v) is 5.00. The lowest BCUT2D eigenvalue weighted by Gasteiger charge is -2.38. The van der Waals surface area contributed by atoms with Crippen LogP contribution in [0.3, 0.4) is 0 Å². The Hall–Kier alpha value is -2.15. The molecule has 7 heteroatoms. The summed E-state index contributed by atoms with van der Waals surface area (Å²) in [5.74, 6) is 2.54. The van der Waals surface area contributed by atoms with Crippen LogP contribution in [0, 0.1) is 5.92 Å². The minimum absolute atomic E-state index is 0.343. The van der Waals surface area contributed by atoms with Gasteiger partial charge in [0.1, 0.15) is 5.75 Å². The van der Waals surface area contributed by atoms with Gasteiger partial charge in [0.15, 0.2) is 6.04 Å². The van der Waals surface area contributed by atoms with Crippen LogP contribution < -0.4 is 14.5 Å². The number of aromatic nitrogens is 4. The van der Waals surface area contributed by atoms with Gasteiger partial charge in [0.2, 0.25) is 5.82 Å². The predicted molar refractivity (Wildman–Crippen MR) is 109 cm³/mol. The Balaban J connectivity index is 1.50. The molecule has 0 bridgehead atoms. The van der Waals surface area contributed by atoms with E-state index in [4.69, 9.17) is 4.74 Å². The Labute approximate surface area is 167 Å². The van der Waals surface area contributed by atoms with Gasteiger partial charge in [-0.2, -0.15) is 0 Å². The maximum absolute atomic E-state index is 5.56. The number of anilines is 1. The van der Waals surface area contributed by atoms with Crippen molar-refractivity contribution in [1.29, 1.82) is 0 Å².